The smallest absolute Gasteiger partial charge is 0.144 e. The van der Waals surface area contributed by atoms with Gasteiger partial charge in [-0.15, -0.1) is 11.3 Å². The lowest BCUT2D eigenvalue weighted by Gasteiger charge is -2.16. The second-order valence-corrected chi connectivity index (χ2v) is 18.9. The van der Waals surface area contributed by atoms with Gasteiger partial charge < -0.3 is 9.30 Å². The Labute approximate surface area is 207 Å². The molecule has 0 N–H and O–H groups in total. The van der Waals surface area contributed by atoms with Crippen molar-refractivity contribution in [2.45, 2.75) is 57.9 Å². The molecular formula is C24H31N5O2S2Si. The van der Waals surface area contributed by atoms with Gasteiger partial charge in [-0.1, -0.05) is 25.7 Å². The van der Waals surface area contributed by atoms with E-state index in [1.807, 2.05) is 30.8 Å². The van der Waals surface area contributed by atoms with Gasteiger partial charge in [-0.2, -0.15) is 4.40 Å². The molecule has 180 valence electrons. The van der Waals surface area contributed by atoms with Crippen molar-refractivity contribution in [3.63, 3.8) is 0 Å². The molecule has 0 bridgehead atoms. The van der Waals surface area contributed by atoms with Crippen LogP contribution < -0.4 is 0 Å². The number of rotatable bonds is 8. The summed E-state index contributed by atoms with van der Waals surface area (Å²) in [5.74, 6) is 0. The summed E-state index contributed by atoms with van der Waals surface area (Å²) >= 11 is 1.61. The zero-order chi connectivity index (χ0) is 24.5. The number of fused-ring (bicyclic) bond motifs is 2. The van der Waals surface area contributed by atoms with Gasteiger partial charge in [0.05, 0.1) is 50.4 Å². The van der Waals surface area contributed by atoms with Crippen molar-refractivity contribution >= 4 is 57.9 Å². The summed E-state index contributed by atoms with van der Waals surface area (Å²) in [6, 6.07) is 7.30. The summed E-state index contributed by atoms with van der Waals surface area (Å²) in [4.78, 5) is 13.7. The predicted molar refractivity (Wildman–Crippen MR) is 146 cm³/mol. The standard InChI is InChI=1S/C24H31N5O2S2Si/c1-24(2,3)33(30)28-13-19-22(17-7-8-21-18(11-17)27-15-32-21)23-20(12-25-19)26-14-29(23)16-31-9-10-34(4,5)6/h7-8,11-15H,9-10,16H2,1-6H3/b28-13+. The third kappa shape index (κ3) is 5.68. The average Bonchev–Trinajstić information content (AvgIpc) is 3.39. The Kier molecular flexibility index (Phi) is 7.14. The molecule has 1 aromatic carbocycles. The monoisotopic (exact) mass is 513 g/mol. The van der Waals surface area contributed by atoms with Crippen LogP contribution >= 0.6 is 11.3 Å². The van der Waals surface area contributed by atoms with E-state index in [0.29, 0.717) is 12.4 Å². The van der Waals surface area contributed by atoms with E-state index in [0.717, 1.165) is 45.0 Å². The summed E-state index contributed by atoms with van der Waals surface area (Å²) < 4.78 is 25.7. The second-order valence-electron chi connectivity index (χ2n) is 10.4. The number of nitrogens with zero attached hydrogens (tertiary/aromatic N) is 5. The lowest BCUT2D eigenvalue weighted by atomic mass is 10.0. The summed E-state index contributed by atoms with van der Waals surface area (Å²) in [6.07, 6.45) is 5.14. The molecule has 0 saturated heterocycles. The molecule has 3 heterocycles. The number of hydrogen-bond donors (Lipinski definition) is 0. The number of hydrogen-bond acceptors (Lipinski definition) is 6. The highest BCUT2D eigenvalue weighted by Gasteiger charge is 2.20. The Morgan fingerprint density at radius 1 is 1.18 bits per heavy atom. The number of aromatic nitrogens is 4. The fraction of sp³-hybridized carbons (Fsp3) is 0.417. The van der Waals surface area contributed by atoms with E-state index in [-0.39, 0.29) is 0 Å². The largest absolute Gasteiger partial charge is 0.361 e. The van der Waals surface area contributed by atoms with E-state index in [9.17, 15) is 4.21 Å². The van der Waals surface area contributed by atoms with Gasteiger partial charge in [-0.25, -0.2) is 14.2 Å². The topological polar surface area (TPSA) is 82.3 Å². The molecule has 0 saturated carbocycles. The van der Waals surface area contributed by atoms with E-state index in [4.69, 9.17) is 4.74 Å². The third-order valence-corrected chi connectivity index (χ3v) is 9.18. The molecule has 0 aliphatic rings. The Morgan fingerprint density at radius 3 is 2.71 bits per heavy atom. The molecule has 1 unspecified atom stereocenters. The minimum Gasteiger partial charge on any atom is -0.361 e. The molecule has 4 aromatic rings. The minimum absolute atomic E-state index is 0.404. The van der Waals surface area contributed by atoms with E-state index >= 15 is 0 Å². The van der Waals surface area contributed by atoms with Crippen LogP contribution in [0.1, 0.15) is 26.5 Å². The molecule has 0 aliphatic heterocycles. The highest BCUT2D eigenvalue weighted by molar-refractivity contribution is 7.85. The van der Waals surface area contributed by atoms with Crippen LogP contribution in [-0.2, 0) is 22.5 Å². The SMILES string of the molecule is CC(C)(C)S(=O)/N=C/c1ncc2ncn(COCC[Si](C)(C)C)c2c1-c1ccc2scnc2c1. The lowest BCUT2D eigenvalue weighted by Crippen LogP contribution is -2.22. The molecule has 0 spiro atoms. The van der Waals surface area contributed by atoms with Crippen LogP contribution in [0.5, 0.6) is 0 Å². The number of thiazole rings is 1. The van der Waals surface area contributed by atoms with Gasteiger partial charge in [0.1, 0.15) is 23.2 Å². The van der Waals surface area contributed by atoms with Gasteiger partial charge in [0.25, 0.3) is 0 Å². The van der Waals surface area contributed by atoms with Gasteiger partial charge in [-0.05, 0) is 44.5 Å². The first-order valence-electron chi connectivity index (χ1n) is 11.2. The third-order valence-electron chi connectivity index (χ3n) is 5.33. The highest BCUT2D eigenvalue weighted by Crippen LogP contribution is 2.33. The van der Waals surface area contributed by atoms with Crippen molar-refractivity contribution in [3.05, 3.63) is 41.9 Å². The molecule has 0 amide bonds. The fourth-order valence-electron chi connectivity index (χ4n) is 3.37. The van der Waals surface area contributed by atoms with Crippen LogP contribution in [0.3, 0.4) is 0 Å². The Morgan fingerprint density at radius 2 is 1.97 bits per heavy atom. The van der Waals surface area contributed by atoms with Crippen LogP contribution in [0.15, 0.2) is 40.6 Å². The van der Waals surface area contributed by atoms with Gasteiger partial charge in [0.2, 0.25) is 0 Å². The van der Waals surface area contributed by atoms with E-state index < -0.39 is 23.8 Å². The normalized spacial score (nSPS) is 13.9. The van der Waals surface area contributed by atoms with Gasteiger partial charge >= 0.3 is 0 Å². The van der Waals surface area contributed by atoms with Gasteiger partial charge in [0.15, 0.2) is 0 Å². The quantitative estimate of drug-likeness (QED) is 0.166. The van der Waals surface area contributed by atoms with Crippen LogP contribution in [0.4, 0.5) is 0 Å². The minimum atomic E-state index is -1.39. The molecule has 34 heavy (non-hydrogen) atoms. The number of benzene rings is 1. The van der Waals surface area contributed by atoms with E-state index in [1.165, 1.54) is 0 Å². The van der Waals surface area contributed by atoms with Crippen molar-refractivity contribution in [2.24, 2.45) is 4.40 Å². The van der Waals surface area contributed by atoms with Crippen molar-refractivity contribution in [1.82, 2.24) is 19.5 Å². The fourth-order valence-corrected chi connectivity index (χ4v) is 5.30. The summed E-state index contributed by atoms with van der Waals surface area (Å²) in [5, 5.41) is 0. The van der Waals surface area contributed by atoms with Crippen LogP contribution in [-0.4, -0.2) is 49.4 Å². The lowest BCUT2D eigenvalue weighted by molar-refractivity contribution is 0.0899. The molecule has 0 radical (unpaired) electrons. The molecule has 3 aromatic heterocycles. The van der Waals surface area contributed by atoms with Gasteiger partial charge in [-0.3, -0.25) is 4.98 Å². The first kappa shape index (κ1) is 24.8. The second kappa shape index (κ2) is 9.77. The molecule has 7 nitrogen and oxygen atoms in total. The van der Waals surface area contributed by atoms with Gasteiger partial charge in [0, 0.05) is 20.2 Å². The number of ether oxygens (including phenoxy) is 1. The Hall–Kier alpha value is -2.27. The molecular weight excluding hydrogens is 483 g/mol. The van der Waals surface area contributed by atoms with Crippen molar-refractivity contribution in [2.75, 3.05) is 6.61 Å². The first-order chi connectivity index (χ1) is 16.0. The highest BCUT2D eigenvalue weighted by atomic mass is 32.2. The van der Waals surface area contributed by atoms with E-state index in [2.05, 4.69) is 57.2 Å². The molecule has 0 fully saturated rings. The van der Waals surface area contributed by atoms with Crippen molar-refractivity contribution in [1.29, 1.82) is 0 Å². The van der Waals surface area contributed by atoms with Crippen molar-refractivity contribution < 1.29 is 8.95 Å². The molecule has 0 aliphatic carbocycles. The maximum Gasteiger partial charge on any atom is 0.144 e. The molecule has 10 heteroatoms. The maximum absolute atomic E-state index is 12.6. The Balaban J connectivity index is 1.80. The molecule has 1 atom stereocenters. The summed E-state index contributed by atoms with van der Waals surface area (Å²) in [7, 11) is -2.56. The zero-order valence-electron chi connectivity index (χ0n) is 20.5. The van der Waals surface area contributed by atoms with Crippen molar-refractivity contribution in [3.8, 4) is 11.1 Å². The number of imidazole rings is 1. The van der Waals surface area contributed by atoms with Crippen LogP contribution in [0.2, 0.25) is 25.7 Å². The molecule has 4 rings (SSSR count). The summed E-state index contributed by atoms with van der Waals surface area (Å²) in [6.45, 7) is 13.9. The maximum atomic E-state index is 12.6. The average molecular weight is 514 g/mol. The number of pyridine rings is 1. The Bertz CT molecular complexity index is 1370. The van der Waals surface area contributed by atoms with Crippen LogP contribution in [0, 0.1) is 0 Å². The predicted octanol–water partition coefficient (Wildman–Crippen LogP) is 5.90. The van der Waals surface area contributed by atoms with E-state index in [1.54, 1.807) is 30.1 Å². The zero-order valence-corrected chi connectivity index (χ0v) is 23.2. The van der Waals surface area contributed by atoms with Crippen LogP contribution in [0.25, 0.3) is 32.4 Å². The first-order valence-corrected chi connectivity index (χ1v) is 16.9. The summed E-state index contributed by atoms with van der Waals surface area (Å²) in [5.41, 5.74) is 6.95.